The third-order valence-corrected chi connectivity index (χ3v) is 3.58. The number of nitrogens with one attached hydrogen (secondary N) is 1. The summed E-state index contributed by atoms with van der Waals surface area (Å²) in [5, 5.41) is -0.419. The van der Waals surface area contributed by atoms with Gasteiger partial charge in [0.05, 0.1) is 5.25 Å². The number of hydrogen-bond donors (Lipinski definition) is 2. The van der Waals surface area contributed by atoms with Crippen LogP contribution in [0.1, 0.15) is 20.3 Å². The van der Waals surface area contributed by atoms with Crippen LogP contribution in [0.5, 0.6) is 0 Å². The normalized spacial score (nSPS) is 17.8. The maximum atomic E-state index is 11.0. The molecule has 4 nitrogen and oxygen atoms in total. The van der Waals surface area contributed by atoms with Crippen molar-refractivity contribution in [3.63, 3.8) is 0 Å². The molecule has 2 unspecified atom stereocenters. The van der Waals surface area contributed by atoms with Crippen LogP contribution in [-0.2, 0) is 9.84 Å². The van der Waals surface area contributed by atoms with Crippen LogP contribution in [0.25, 0.3) is 0 Å². The lowest BCUT2D eigenvalue weighted by Crippen LogP contribution is -2.45. The minimum atomic E-state index is -2.97. The molecule has 0 fully saturated rings. The van der Waals surface area contributed by atoms with Crippen LogP contribution in [0.15, 0.2) is 0 Å². The van der Waals surface area contributed by atoms with Crippen LogP contribution in [0.4, 0.5) is 0 Å². The highest BCUT2D eigenvalue weighted by atomic mass is 32.2. The van der Waals surface area contributed by atoms with Crippen molar-refractivity contribution in [3.05, 3.63) is 0 Å². The van der Waals surface area contributed by atoms with Crippen LogP contribution in [0, 0.1) is 0 Å². The first kappa shape index (κ1) is 10.9. The van der Waals surface area contributed by atoms with Gasteiger partial charge in [0.15, 0.2) is 9.84 Å². The molecule has 3 N–H and O–H groups in total. The van der Waals surface area contributed by atoms with Gasteiger partial charge in [-0.25, -0.2) is 8.42 Å². The Morgan fingerprint density at radius 3 is 2.09 bits per heavy atom. The second-order valence-electron chi connectivity index (χ2n) is 2.72. The monoisotopic (exact) mass is 180 g/mol. The number of hydrazine groups is 1. The fraction of sp³-hybridized carbons (Fsp3) is 1.00. The van der Waals surface area contributed by atoms with E-state index >= 15 is 0 Å². The Kier molecular flexibility index (Phi) is 3.99. The average Bonchev–Trinajstić information content (AvgIpc) is 1.88. The summed E-state index contributed by atoms with van der Waals surface area (Å²) < 4.78 is 22.0. The van der Waals surface area contributed by atoms with E-state index < -0.39 is 15.1 Å². The van der Waals surface area contributed by atoms with E-state index in [0.29, 0.717) is 6.42 Å². The molecule has 0 aliphatic rings. The molecule has 0 aromatic heterocycles. The molecule has 2 atom stereocenters. The van der Waals surface area contributed by atoms with Crippen LogP contribution in [0.3, 0.4) is 0 Å². The first-order valence-corrected chi connectivity index (χ1v) is 5.54. The lowest BCUT2D eigenvalue weighted by molar-refractivity contribution is 0.485. The Morgan fingerprint density at radius 1 is 1.55 bits per heavy atom. The minimum Gasteiger partial charge on any atom is -0.271 e. The topological polar surface area (TPSA) is 72.2 Å². The summed E-state index contributed by atoms with van der Waals surface area (Å²) in [6, 6.07) is -0.148. The zero-order chi connectivity index (χ0) is 9.07. The summed E-state index contributed by atoms with van der Waals surface area (Å²) in [4.78, 5) is 0. The molecule has 68 valence electrons. The Balaban J connectivity index is 4.33. The van der Waals surface area contributed by atoms with Crippen molar-refractivity contribution < 1.29 is 8.42 Å². The zero-order valence-corrected chi connectivity index (χ0v) is 7.98. The lowest BCUT2D eigenvalue weighted by Gasteiger charge is -2.19. The highest BCUT2D eigenvalue weighted by Crippen LogP contribution is 2.06. The number of sulfone groups is 1. The van der Waals surface area contributed by atoms with Gasteiger partial charge in [-0.3, -0.25) is 11.3 Å². The quantitative estimate of drug-likeness (QED) is 0.458. The Hall–Kier alpha value is -0.130. The van der Waals surface area contributed by atoms with Gasteiger partial charge in [-0.05, 0) is 13.3 Å². The molecule has 0 aliphatic heterocycles. The highest BCUT2D eigenvalue weighted by Gasteiger charge is 2.22. The van der Waals surface area contributed by atoms with Crippen molar-refractivity contribution in [3.8, 4) is 0 Å². The molecule has 0 amide bonds. The average molecular weight is 180 g/mol. The SMILES string of the molecule is CCC(NN)C(C)S(C)(=O)=O. The smallest absolute Gasteiger partial charge is 0.151 e. The van der Waals surface area contributed by atoms with Gasteiger partial charge in [-0.2, -0.15) is 0 Å². The minimum absolute atomic E-state index is 0.148. The van der Waals surface area contributed by atoms with E-state index in [1.807, 2.05) is 6.92 Å². The molecule has 0 aliphatic carbocycles. The lowest BCUT2D eigenvalue weighted by atomic mass is 10.2. The van der Waals surface area contributed by atoms with E-state index in [1.165, 1.54) is 6.26 Å². The van der Waals surface area contributed by atoms with Gasteiger partial charge in [0.25, 0.3) is 0 Å². The maximum Gasteiger partial charge on any atom is 0.151 e. The van der Waals surface area contributed by atoms with Gasteiger partial charge in [-0.15, -0.1) is 0 Å². The molecule has 0 aromatic rings. The van der Waals surface area contributed by atoms with Crippen LogP contribution < -0.4 is 11.3 Å². The van der Waals surface area contributed by atoms with Gasteiger partial charge < -0.3 is 0 Å². The van der Waals surface area contributed by atoms with Crippen molar-refractivity contribution in [2.75, 3.05) is 6.26 Å². The fourth-order valence-corrected chi connectivity index (χ4v) is 1.75. The summed E-state index contributed by atoms with van der Waals surface area (Å²) in [6.07, 6.45) is 1.93. The van der Waals surface area contributed by atoms with Crippen LogP contribution >= 0.6 is 0 Å². The molecule has 0 radical (unpaired) electrons. The Labute approximate surface area is 68.0 Å². The molecular formula is C6H16N2O2S. The summed E-state index contributed by atoms with van der Waals surface area (Å²) >= 11 is 0. The Morgan fingerprint density at radius 2 is 2.00 bits per heavy atom. The van der Waals surface area contributed by atoms with E-state index in [1.54, 1.807) is 6.92 Å². The summed E-state index contributed by atoms with van der Waals surface area (Å²) in [7, 11) is -2.97. The number of nitrogens with two attached hydrogens (primary N) is 1. The second-order valence-corrected chi connectivity index (χ2v) is 5.12. The van der Waals surface area contributed by atoms with E-state index in [9.17, 15) is 8.42 Å². The van der Waals surface area contributed by atoms with Crippen molar-refractivity contribution in [2.24, 2.45) is 5.84 Å². The van der Waals surface area contributed by atoms with Gasteiger partial charge in [0, 0.05) is 12.3 Å². The van der Waals surface area contributed by atoms with Gasteiger partial charge in [0.2, 0.25) is 0 Å². The van der Waals surface area contributed by atoms with Crippen molar-refractivity contribution in [1.82, 2.24) is 5.43 Å². The van der Waals surface area contributed by atoms with Gasteiger partial charge >= 0.3 is 0 Å². The van der Waals surface area contributed by atoms with E-state index in [0.717, 1.165) is 0 Å². The van der Waals surface area contributed by atoms with Gasteiger partial charge in [0.1, 0.15) is 0 Å². The first-order chi connectivity index (χ1) is 4.93. The fourth-order valence-electron chi connectivity index (χ4n) is 0.884. The van der Waals surface area contributed by atoms with Crippen LogP contribution in [0.2, 0.25) is 0 Å². The van der Waals surface area contributed by atoms with E-state index in [2.05, 4.69) is 5.43 Å². The summed E-state index contributed by atoms with van der Waals surface area (Å²) in [5.41, 5.74) is 2.48. The maximum absolute atomic E-state index is 11.0. The largest absolute Gasteiger partial charge is 0.271 e. The molecular weight excluding hydrogens is 164 g/mol. The van der Waals surface area contributed by atoms with Crippen LogP contribution in [-0.4, -0.2) is 26.0 Å². The molecule has 0 bridgehead atoms. The predicted molar refractivity (Wildman–Crippen MR) is 45.7 cm³/mol. The predicted octanol–water partition coefficient (Wildman–Crippen LogP) is -0.339. The van der Waals surface area contributed by atoms with E-state index in [4.69, 9.17) is 5.84 Å². The molecule has 0 saturated carbocycles. The number of hydrogen-bond acceptors (Lipinski definition) is 4. The van der Waals surface area contributed by atoms with E-state index in [-0.39, 0.29) is 6.04 Å². The highest BCUT2D eigenvalue weighted by molar-refractivity contribution is 7.91. The molecule has 0 spiro atoms. The third kappa shape index (κ3) is 3.18. The van der Waals surface area contributed by atoms with Gasteiger partial charge in [-0.1, -0.05) is 6.92 Å². The molecule has 0 saturated heterocycles. The number of rotatable bonds is 4. The third-order valence-electron chi connectivity index (χ3n) is 1.90. The molecule has 0 aromatic carbocycles. The summed E-state index contributed by atoms with van der Waals surface area (Å²) in [5.74, 6) is 5.17. The Bertz CT molecular complexity index is 197. The molecule has 0 rings (SSSR count). The van der Waals surface area contributed by atoms with Crippen molar-refractivity contribution in [1.29, 1.82) is 0 Å². The summed E-state index contributed by atoms with van der Waals surface area (Å²) in [6.45, 7) is 3.55. The second kappa shape index (κ2) is 4.04. The van der Waals surface area contributed by atoms with Crippen molar-refractivity contribution >= 4 is 9.84 Å². The first-order valence-electron chi connectivity index (χ1n) is 3.58. The molecule has 5 heteroatoms. The zero-order valence-electron chi connectivity index (χ0n) is 7.16. The van der Waals surface area contributed by atoms with Crippen molar-refractivity contribution in [2.45, 2.75) is 31.6 Å². The standard InChI is InChI=1S/C6H16N2O2S/c1-4-6(8-7)5(2)11(3,9)10/h5-6,8H,4,7H2,1-3H3. The molecule has 0 heterocycles. The molecule has 11 heavy (non-hydrogen) atoms.